The van der Waals surface area contributed by atoms with Gasteiger partial charge in [-0.2, -0.15) is 0 Å². The minimum atomic E-state index is 0.881. The van der Waals surface area contributed by atoms with Crippen molar-refractivity contribution >= 4 is 0 Å². The molecule has 1 aliphatic heterocycles. The fourth-order valence-electron chi connectivity index (χ4n) is 2.17. The molecule has 0 spiro atoms. The minimum Gasteiger partial charge on any atom is -0.336 e. The van der Waals surface area contributed by atoms with Crippen molar-refractivity contribution in [2.45, 2.75) is 26.3 Å². The third kappa shape index (κ3) is 2.58. The van der Waals surface area contributed by atoms with Crippen molar-refractivity contribution in [3.05, 3.63) is 18.7 Å². The molecule has 0 aliphatic carbocycles. The van der Waals surface area contributed by atoms with E-state index in [9.17, 15) is 0 Å². The van der Waals surface area contributed by atoms with Crippen LogP contribution in [0.25, 0.3) is 0 Å². The standard InChI is InChI=1S/C11H19N3/c1-11-3-2-5-13(9-11)7-8-14-6-4-12-10-14/h4,6,10-11H,2-3,5,7-9H2,1H3/t11-/m0/s1. The second-order valence-electron chi connectivity index (χ2n) is 4.35. The van der Waals surface area contributed by atoms with E-state index in [1.807, 2.05) is 18.7 Å². The summed E-state index contributed by atoms with van der Waals surface area (Å²) in [6, 6.07) is 0. The molecular weight excluding hydrogens is 174 g/mol. The van der Waals surface area contributed by atoms with E-state index in [0.29, 0.717) is 0 Å². The Bertz CT molecular complexity index is 256. The van der Waals surface area contributed by atoms with Crippen molar-refractivity contribution in [2.75, 3.05) is 19.6 Å². The van der Waals surface area contributed by atoms with Gasteiger partial charge in [0, 0.05) is 32.0 Å². The van der Waals surface area contributed by atoms with E-state index >= 15 is 0 Å². The smallest absolute Gasteiger partial charge is 0.0946 e. The Labute approximate surface area is 85.7 Å². The Morgan fingerprint density at radius 3 is 3.07 bits per heavy atom. The number of nitrogens with zero attached hydrogens (tertiary/aromatic N) is 3. The molecule has 0 unspecified atom stereocenters. The zero-order chi connectivity index (χ0) is 9.80. The molecular formula is C11H19N3. The van der Waals surface area contributed by atoms with Crippen LogP contribution >= 0.6 is 0 Å². The number of imidazole rings is 1. The molecule has 1 aromatic rings. The molecule has 0 N–H and O–H groups in total. The summed E-state index contributed by atoms with van der Waals surface area (Å²) in [4.78, 5) is 6.61. The molecule has 1 atom stereocenters. The molecule has 0 saturated carbocycles. The maximum Gasteiger partial charge on any atom is 0.0946 e. The van der Waals surface area contributed by atoms with Crippen LogP contribution in [0, 0.1) is 5.92 Å². The van der Waals surface area contributed by atoms with Crippen molar-refractivity contribution in [3.8, 4) is 0 Å². The number of rotatable bonds is 3. The van der Waals surface area contributed by atoms with Crippen molar-refractivity contribution in [1.82, 2.24) is 14.5 Å². The molecule has 1 aliphatic rings. The molecule has 0 bridgehead atoms. The van der Waals surface area contributed by atoms with Crippen LogP contribution in [0.4, 0.5) is 0 Å². The van der Waals surface area contributed by atoms with E-state index in [-0.39, 0.29) is 0 Å². The van der Waals surface area contributed by atoms with Gasteiger partial charge in [-0.05, 0) is 25.3 Å². The second kappa shape index (κ2) is 4.60. The Balaban J connectivity index is 1.75. The van der Waals surface area contributed by atoms with Crippen LogP contribution in [0.1, 0.15) is 19.8 Å². The van der Waals surface area contributed by atoms with Crippen LogP contribution in [-0.4, -0.2) is 34.1 Å². The van der Waals surface area contributed by atoms with Crippen molar-refractivity contribution < 1.29 is 0 Å². The fourth-order valence-corrected chi connectivity index (χ4v) is 2.17. The van der Waals surface area contributed by atoms with Gasteiger partial charge < -0.3 is 9.47 Å². The van der Waals surface area contributed by atoms with Gasteiger partial charge in [0.25, 0.3) is 0 Å². The Hall–Kier alpha value is -0.830. The predicted octanol–water partition coefficient (Wildman–Crippen LogP) is 1.61. The zero-order valence-electron chi connectivity index (χ0n) is 8.89. The highest BCUT2D eigenvalue weighted by Crippen LogP contribution is 2.14. The molecule has 1 saturated heterocycles. The van der Waals surface area contributed by atoms with E-state index in [2.05, 4.69) is 21.4 Å². The van der Waals surface area contributed by atoms with E-state index in [0.717, 1.165) is 12.5 Å². The summed E-state index contributed by atoms with van der Waals surface area (Å²) in [5, 5.41) is 0. The summed E-state index contributed by atoms with van der Waals surface area (Å²) in [6.45, 7) is 7.14. The van der Waals surface area contributed by atoms with Gasteiger partial charge in [-0.1, -0.05) is 6.92 Å². The van der Waals surface area contributed by atoms with Crippen LogP contribution in [-0.2, 0) is 6.54 Å². The molecule has 0 aromatic carbocycles. The molecule has 3 nitrogen and oxygen atoms in total. The van der Waals surface area contributed by atoms with Crippen molar-refractivity contribution in [3.63, 3.8) is 0 Å². The first-order valence-corrected chi connectivity index (χ1v) is 5.52. The summed E-state index contributed by atoms with van der Waals surface area (Å²) in [7, 11) is 0. The molecule has 3 heteroatoms. The maximum atomic E-state index is 4.05. The van der Waals surface area contributed by atoms with Gasteiger partial charge in [-0.15, -0.1) is 0 Å². The molecule has 2 rings (SSSR count). The SMILES string of the molecule is C[C@H]1CCCN(CCn2ccnc2)C1. The molecule has 14 heavy (non-hydrogen) atoms. The van der Waals surface area contributed by atoms with Gasteiger partial charge in [0.05, 0.1) is 6.33 Å². The second-order valence-corrected chi connectivity index (χ2v) is 4.35. The average Bonchev–Trinajstić information content (AvgIpc) is 2.67. The summed E-state index contributed by atoms with van der Waals surface area (Å²) in [5.41, 5.74) is 0. The number of likely N-dealkylation sites (tertiary alicyclic amines) is 1. The first kappa shape index (κ1) is 9.71. The monoisotopic (exact) mass is 193 g/mol. The maximum absolute atomic E-state index is 4.05. The molecule has 1 aromatic heterocycles. The van der Waals surface area contributed by atoms with Crippen LogP contribution in [0.15, 0.2) is 18.7 Å². The molecule has 1 fully saturated rings. The van der Waals surface area contributed by atoms with E-state index in [1.54, 1.807) is 0 Å². The molecule has 0 radical (unpaired) electrons. The lowest BCUT2D eigenvalue weighted by Crippen LogP contribution is -2.36. The van der Waals surface area contributed by atoms with Gasteiger partial charge in [0.15, 0.2) is 0 Å². The van der Waals surface area contributed by atoms with E-state index in [1.165, 1.54) is 32.5 Å². The number of piperidine rings is 1. The molecule has 2 heterocycles. The Morgan fingerprint density at radius 1 is 1.43 bits per heavy atom. The number of hydrogen-bond donors (Lipinski definition) is 0. The van der Waals surface area contributed by atoms with Crippen LogP contribution in [0.5, 0.6) is 0 Å². The predicted molar refractivity (Wildman–Crippen MR) is 57.1 cm³/mol. The quantitative estimate of drug-likeness (QED) is 0.727. The van der Waals surface area contributed by atoms with Crippen LogP contribution in [0.2, 0.25) is 0 Å². The first-order valence-electron chi connectivity index (χ1n) is 5.52. The highest BCUT2D eigenvalue weighted by Gasteiger charge is 2.15. The highest BCUT2D eigenvalue weighted by molar-refractivity contribution is 4.76. The van der Waals surface area contributed by atoms with Gasteiger partial charge in [-0.25, -0.2) is 4.98 Å². The summed E-state index contributed by atoms with van der Waals surface area (Å²) < 4.78 is 2.15. The summed E-state index contributed by atoms with van der Waals surface area (Å²) >= 11 is 0. The van der Waals surface area contributed by atoms with Gasteiger partial charge >= 0.3 is 0 Å². The lowest BCUT2D eigenvalue weighted by Gasteiger charge is -2.30. The lowest BCUT2D eigenvalue weighted by atomic mass is 10.0. The average molecular weight is 193 g/mol. The van der Waals surface area contributed by atoms with Crippen molar-refractivity contribution in [2.24, 2.45) is 5.92 Å². The van der Waals surface area contributed by atoms with E-state index in [4.69, 9.17) is 0 Å². The minimum absolute atomic E-state index is 0.881. The van der Waals surface area contributed by atoms with Crippen LogP contribution < -0.4 is 0 Å². The van der Waals surface area contributed by atoms with Gasteiger partial charge in [-0.3, -0.25) is 0 Å². The summed E-state index contributed by atoms with van der Waals surface area (Å²) in [6.07, 6.45) is 8.55. The number of hydrogen-bond acceptors (Lipinski definition) is 2. The van der Waals surface area contributed by atoms with Crippen molar-refractivity contribution in [1.29, 1.82) is 0 Å². The fraction of sp³-hybridized carbons (Fsp3) is 0.727. The largest absolute Gasteiger partial charge is 0.336 e. The number of aromatic nitrogens is 2. The topological polar surface area (TPSA) is 21.1 Å². The van der Waals surface area contributed by atoms with Gasteiger partial charge in [0.2, 0.25) is 0 Å². The van der Waals surface area contributed by atoms with Crippen LogP contribution in [0.3, 0.4) is 0 Å². The Kier molecular flexibility index (Phi) is 3.19. The molecule has 78 valence electrons. The Morgan fingerprint density at radius 2 is 2.36 bits per heavy atom. The third-order valence-electron chi connectivity index (χ3n) is 2.97. The first-order chi connectivity index (χ1) is 6.84. The van der Waals surface area contributed by atoms with Gasteiger partial charge in [0.1, 0.15) is 0 Å². The molecule has 0 amide bonds. The van der Waals surface area contributed by atoms with E-state index < -0.39 is 0 Å². The normalized spacial score (nSPS) is 23.9. The lowest BCUT2D eigenvalue weighted by molar-refractivity contribution is 0.178. The summed E-state index contributed by atoms with van der Waals surface area (Å²) in [5.74, 6) is 0.881. The highest BCUT2D eigenvalue weighted by atomic mass is 15.2. The zero-order valence-corrected chi connectivity index (χ0v) is 8.89. The third-order valence-corrected chi connectivity index (χ3v) is 2.97.